The molecule has 12 heavy (non-hydrogen) atoms. The SMILES string of the molecule is CCC(CC)CN(C)CCCN. The minimum atomic E-state index is 0.813. The molecule has 0 unspecified atom stereocenters. The molecule has 0 atom stereocenters. The van der Waals surface area contributed by atoms with Crippen molar-refractivity contribution < 1.29 is 0 Å². The molecule has 0 aromatic rings. The lowest BCUT2D eigenvalue weighted by molar-refractivity contribution is 0.265. The molecule has 0 saturated heterocycles. The highest BCUT2D eigenvalue weighted by atomic mass is 15.1. The molecule has 2 N–H and O–H groups in total. The molecule has 0 aromatic heterocycles. The molecule has 2 heteroatoms. The van der Waals surface area contributed by atoms with Crippen molar-refractivity contribution in [2.45, 2.75) is 33.1 Å². The van der Waals surface area contributed by atoms with Gasteiger partial charge >= 0.3 is 0 Å². The zero-order valence-electron chi connectivity index (χ0n) is 8.84. The summed E-state index contributed by atoms with van der Waals surface area (Å²) in [4.78, 5) is 2.39. The first-order valence-corrected chi connectivity index (χ1v) is 5.13. The number of nitrogens with two attached hydrogens (primary N) is 1. The Bertz CT molecular complexity index is 89.8. The normalized spacial score (nSPS) is 11.5. The molecule has 0 fully saturated rings. The predicted molar refractivity (Wildman–Crippen MR) is 55.2 cm³/mol. The van der Waals surface area contributed by atoms with Crippen LogP contribution < -0.4 is 5.73 Å². The predicted octanol–water partition coefficient (Wildman–Crippen LogP) is 1.70. The Balaban J connectivity index is 3.44. The molecule has 0 aliphatic rings. The van der Waals surface area contributed by atoms with Gasteiger partial charge in [-0.3, -0.25) is 0 Å². The number of hydrogen-bond acceptors (Lipinski definition) is 2. The lowest BCUT2D eigenvalue weighted by Gasteiger charge is -2.21. The van der Waals surface area contributed by atoms with Gasteiger partial charge < -0.3 is 10.6 Å². The van der Waals surface area contributed by atoms with Gasteiger partial charge in [0.25, 0.3) is 0 Å². The van der Waals surface area contributed by atoms with Crippen LogP contribution in [0.25, 0.3) is 0 Å². The molecule has 0 aliphatic carbocycles. The molecule has 0 heterocycles. The Hall–Kier alpha value is -0.0800. The molecule has 0 bridgehead atoms. The average Bonchev–Trinajstić information content (AvgIpc) is 2.10. The van der Waals surface area contributed by atoms with E-state index in [4.69, 9.17) is 5.73 Å². The monoisotopic (exact) mass is 172 g/mol. The summed E-state index contributed by atoms with van der Waals surface area (Å²) in [6.07, 6.45) is 3.71. The van der Waals surface area contributed by atoms with Gasteiger partial charge in [0.1, 0.15) is 0 Å². The van der Waals surface area contributed by atoms with Crippen LogP contribution in [0.3, 0.4) is 0 Å². The molecule has 0 spiro atoms. The van der Waals surface area contributed by atoms with Gasteiger partial charge in [0.05, 0.1) is 0 Å². The molecule has 0 aliphatic heterocycles. The molecule has 2 nitrogen and oxygen atoms in total. The molecule has 0 saturated carbocycles. The molecule has 0 radical (unpaired) electrons. The van der Waals surface area contributed by atoms with Crippen LogP contribution >= 0.6 is 0 Å². The number of nitrogens with zero attached hydrogens (tertiary/aromatic N) is 1. The second-order valence-corrected chi connectivity index (χ2v) is 3.59. The van der Waals surface area contributed by atoms with Crippen LogP contribution in [0.15, 0.2) is 0 Å². The summed E-state index contributed by atoms with van der Waals surface area (Å²) in [5.74, 6) is 0.868. The molecule has 0 aromatic carbocycles. The summed E-state index contributed by atoms with van der Waals surface area (Å²) in [6, 6.07) is 0. The van der Waals surface area contributed by atoms with Gasteiger partial charge in [-0.15, -0.1) is 0 Å². The van der Waals surface area contributed by atoms with Crippen molar-refractivity contribution in [2.75, 3.05) is 26.7 Å². The Morgan fingerprint density at radius 2 is 1.83 bits per heavy atom. The third-order valence-corrected chi connectivity index (χ3v) is 2.47. The molecular weight excluding hydrogens is 148 g/mol. The van der Waals surface area contributed by atoms with Crippen molar-refractivity contribution in [3.05, 3.63) is 0 Å². The fraction of sp³-hybridized carbons (Fsp3) is 1.00. The van der Waals surface area contributed by atoms with E-state index in [2.05, 4.69) is 25.8 Å². The first-order valence-electron chi connectivity index (χ1n) is 5.13. The quantitative estimate of drug-likeness (QED) is 0.633. The Morgan fingerprint density at radius 3 is 2.25 bits per heavy atom. The van der Waals surface area contributed by atoms with Crippen LogP contribution in [0.1, 0.15) is 33.1 Å². The van der Waals surface area contributed by atoms with E-state index < -0.39 is 0 Å². The van der Waals surface area contributed by atoms with Crippen molar-refractivity contribution in [3.8, 4) is 0 Å². The Labute approximate surface area is 77.1 Å². The average molecular weight is 172 g/mol. The highest BCUT2D eigenvalue weighted by Crippen LogP contribution is 2.08. The summed E-state index contributed by atoms with van der Waals surface area (Å²) in [7, 11) is 2.19. The zero-order chi connectivity index (χ0) is 9.40. The van der Waals surface area contributed by atoms with Gasteiger partial charge in [-0.25, -0.2) is 0 Å². The fourth-order valence-corrected chi connectivity index (χ4v) is 1.44. The van der Waals surface area contributed by atoms with Crippen LogP contribution in [0.2, 0.25) is 0 Å². The fourth-order valence-electron chi connectivity index (χ4n) is 1.44. The summed E-state index contributed by atoms with van der Waals surface area (Å²) in [5, 5.41) is 0. The van der Waals surface area contributed by atoms with Crippen molar-refractivity contribution >= 4 is 0 Å². The van der Waals surface area contributed by atoms with E-state index in [1.54, 1.807) is 0 Å². The van der Waals surface area contributed by atoms with Crippen LogP contribution in [0, 0.1) is 5.92 Å². The smallest absolute Gasteiger partial charge is 0.000641 e. The van der Waals surface area contributed by atoms with Gasteiger partial charge in [0.2, 0.25) is 0 Å². The second kappa shape index (κ2) is 7.56. The third kappa shape index (κ3) is 5.56. The maximum atomic E-state index is 5.45. The Morgan fingerprint density at radius 1 is 1.25 bits per heavy atom. The van der Waals surface area contributed by atoms with E-state index in [9.17, 15) is 0 Å². The largest absolute Gasteiger partial charge is 0.330 e. The number of hydrogen-bond donors (Lipinski definition) is 1. The van der Waals surface area contributed by atoms with Gasteiger partial charge in [-0.05, 0) is 32.5 Å². The van der Waals surface area contributed by atoms with Gasteiger partial charge in [-0.1, -0.05) is 26.7 Å². The van der Waals surface area contributed by atoms with Gasteiger partial charge in [0, 0.05) is 6.54 Å². The third-order valence-electron chi connectivity index (χ3n) is 2.47. The van der Waals surface area contributed by atoms with Crippen molar-refractivity contribution in [3.63, 3.8) is 0 Å². The van der Waals surface area contributed by atoms with Gasteiger partial charge in [0.15, 0.2) is 0 Å². The topological polar surface area (TPSA) is 29.3 Å². The van der Waals surface area contributed by atoms with Crippen molar-refractivity contribution in [1.29, 1.82) is 0 Å². The highest BCUT2D eigenvalue weighted by molar-refractivity contribution is 4.60. The van der Waals surface area contributed by atoms with E-state index in [0.29, 0.717) is 0 Å². The van der Waals surface area contributed by atoms with Crippen LogP contribution in [0.5, 0.6) is 0 Å². The van der Waals surface area contributed by atoms with Crippen LogP contribution in [0.4, 0.5) is 0 Å². The summed E-state index contributed by atoms with van der Waals surface area (Å²) >= 11 is 0. The zero-order valence-corrected chi connectivity index (χ0v) is 8.84. The highest BCUT2D eigenvalue weighted by Gasteiger charge is 2.06. The molecule has 0 rings (SSSR count). The van der Waals surface area contributed by atoms with Crippen molar-refractivity contribution in [1.82, 2.24) is 4.90 Å². The molecule has 74 valence electrons. The van der Waals surface area contributed by atoms with E-state index >= 15 is 0 Å². The lowest BCUT2D eigenvalue weighted by Crippen LogP contribution is -2.27. The van der Waals surface area contributed by atoms with Crippen LogP contribution in [-0.4, -0.2) is 31.6 Å². The maximum Gasteiger partial charge on any atom is 0.000641 e. The van der Waals surface area contributed by atoms with Gasteiger partial charge in [-0.2, -0.15) is 0 Å². The molecule has 0 amide bonds. The minimum absolute atomic E-state index is 0.813. The van der Waals surface area contributed by atoms with E-state index in [1.807, 2.05) is 0 Å². The van der Waals surface area contributed by atoms with Crippen molar-refractivity contribution in [2.24, 2.45) is 11.7 Å². The van der Waals surface area contributed by atoms with E-state index in [1.165, 1.54) is 19.4 Å². The van der Waals surface area contributed by atoms with E-state index in [-0.39, 0.29) is 0 Å². The van der Waals surface area contributed by atoms with Crippen LogP contribution in [-0.2, 0) is 0 Å². The summed E-state index contributed by atoms with van der Waals surface area (Å²) < 4.78 is 0. The summed E-state index contributed by atoms with van der Waals surface area (Å²) in [5.41, 5.74) is 5.45. The maximum absolute atomic E-state index is 5.45. The second-order valence-electron chi connectivity index (χ2n) is 3.59. The Kier molecular flexibility index (Phi) is 7.51. The standard InChI is InChI=1S/C10H24N2/c1-4-10(5-2)9-12(3)8-6-7-11/h10H,4-9,11H2,1-3H3. The molecular formula is C10H24N2. The minimum Gasteiger partial charge on any atom is -0.330 e. The first kappa shape index (κ1) is 11.9. The first-order chi connectivity index (χ1) is 5.74. The van der Waals surface area contributed by atoms with E-state index in [0.717, 1.165) is 25.4 Å². The number of rotatable bonds is 7. The summed E-state index contributed by atoms with van der Waals surface area (Å²) in [6.45, 7) is 7.73. The lowest BCUT2D eigenvalue weighted by atomic mass is 10.0.